The molecule has 0 aliphatic carbocycles. The number of rotatable bonds is 2. The summed E-state index contributed by atoms with van der Waals surface area (Å²) in [6.45, 7) is 9.57. The number of nitrogens with zero attached hydrogens (tertiary/aromatic N) is 2. The summed E-state index contributed by atoms with van der Waals surface area (Å²) in [4.78, 5) is 5.08. The molecule has 100 valence electrons. The van der Waals surface area contributed by atoms with Crippen LogP contribution in [-0.2, 0) is 0 Å². The van der Waals surface area contributed by atoms with Crippen molar-refractivity contribution in [2.75, 3.05) is 40.3 Å². The molecule has 2 heterocycles. The van der Waals surface area contributed by atoms with Gasteiger partial charge in [0.15, 0.2) is 0 Å². The zero-order valence-corrected chi connectivity index (χ0v) is 11.9. The van der Waals surface area contributed by atoms with E-state index in [1.165, 1.54) is 32.5 Å². The van der Waals surface area contributed by atoms with Crippen LogP contribution in [0.5, 0.6) is 0 Å². The lowest BCUT2D eigenvalue weighted by Crippen LogP contribution is -2.53. The fourth-order valence-corrected chi connectivity index (χ4v) is 3.57. The van der Waals surface area contributed by atoms with Gasteiger partial charge in [-0.2, -0.15) is 0 Å². The Morgan fingerprint density at radius 1 is 1.24 bits per heavy atom. The van der Waals surface area contributed by atoms with Crippen LogP contribution in [0.4, 0.5) is 0 Å². The predicted octanol–water partition coefficient (Wildman–Crippen LogP) is 1.26. The minimum Gasteiger partial charge on any atom is -0.311 e. The zero-order chi connectivity index (χ0) is 12.4. The molecule has 0 saturated carbocycles. The van der Waals surface area contributed by atoms with Crippen LogP contribution in [0.25, 0.3) is 0 Å². The maximum absolute atomic E-state index is 3.76. The molecule has 2 saturated heterocycles. The Bertz CT molecular complexity index is 242. The van der Waals surface area contributed by atoms with Gasteiger partial charge in [-0.15, -0.1) is 0 Å². The van der Waals surface area contributed by atoms with Crippen molar-refractivity contribution in [2.24, 2.45) is 11.8 Å². The second kappa shape index (κ2) is 5.68. The summed E-state index contributed by atoms with van der Waals surface area (Å²) in [6, 6.07) is 1.49. The van der Waals surface area contributed by atoms with Crippen LogP contribution in [-0.4, -0.2) is 62.2 Å². The monoisotopic (exact) mass is 239 g/mol. The first-order chi connectivity index (χ1) is 8.08. The second-order valence-electron chi connectivity index (χ2n) is 6.45. The van der Waals surface area contributed by atoms with Gasteiger partial charge in [0.2, 0.25) is 0 Å². The first-order valence-electron chi connectivity index (χ1n) is 7.20. The van der Waals surface area contributed by atoms with Crippen molar-refractivity contribution in [1.82, 2.24) is 15.1 Å². The lowest BCUT2D eigenvalue weighted by Gasteiger charge is -2.42. The van der Waals surface area contributed by atoms with Gasteiger partial charge in [0.25, 0.3) is 0 Å². The van der Waals surface area contributed by atoms with E-state index in [1.54, 1.807) is 0 Å². The highest BCUT2D eigenvalue weighted by molar-refractivity contribution is 4.94. The highest BCUT2D eigenvalue weighted by atomic mass is 15.2. The van der Waals surface area contributed by atoms with E-state index in [-0.39, 0.29) is 0 Å². The van der Waals surface area contributed by atoms with Gasteiger partial charge in [0.1, 0.15) is 0 Å². The summed E-state index contributed by atoms with van der Waals surface area (Å²) >= 11 is 0. The van der Waals surface area contributed by atoms with Crippen molar-refractivity contribution >= 4 is 0 Å². The van der Waals surface area contributed by atoms with Gasteiger partial charge in [-0.3, -0.25) is 0 Å². The Labute approximate surface area is 107 Å². The molecule has 3 nitrogen and oxygen atoms in total. The minimum absolute atomic E-state index is 0.711. The third-order valence-corrected chi connectivity index (χ3v) is 4.51. The highest BCUT2D eigenvalue weighted by Gasteiger charge is 2.37. The summed E-state index contributed by atoms with van der Waals surface area (Å²) < 4.78 is 0. The smallest absolute Gasteiger partial charge is 0.0239 e. The van der Waals surface area contributed by atoms with Crippen LogP contribution in [0.3, 0.4) is 0 Å². The molecular formula is C14H29N3. The predicted molar refractivity (Wildman–Crippen MR) is 73.3 cm³/mol. The Morgan fingerprint density at radius 2 is 2.00 bits per heavy atom. The number of hydrogen-bond acceptors (Lipinski definition) is 3. The third kappa shape index (κ3) is 3.21. The average Bonchev–Trinajstić information content (AvgIpc) is 2.39. The van der Waals surface area contributed by atoms with Crippen LogP contribution >= 0.6 is 0 Å². The molecule has 2 fully saturated rings. The molecule has 2 aliphatic rings. The number of hydrogen-bond donors (Lipinski definition) is 1. The van der Waals surface area contributed by atoms with Crippen LogP contribution < -0.4 is 5.32 Å². The van der Waals surface area contributed by atoms with E-state index in [0.717, 1.165) is 24.4 Å². The lowest BCUT2D eigenvalue weighted by atomic mass is 9.81. The quantitative estimate of drug-likeness (QED) is 0.782. The summed E-state index contributed by atoms with van der Waals surface area (Å²) in [7, 11) is 4.57. The van der Waals surface area contributed by atoms with E-state index in [4.69, 9.17) is 0 Å². The fourth-order valence-electron chi connectivity index (χ4n) is 3.57. The molecule has 0 spiro atoms. The molecule has 0 aromatic carbocycles. The summed E-state index contributed by atoms with van der Waals surface area (Å²) in [5.41, 5.74) is 0. The highest BCUT2D eigenvalue weighted by Crippen LogP contribution is 2.29. The molecule has 0 radical (unpaired) electrons. The second-order valence-corrected chi connectivity index (χ2v) is 6.45. The topological polar surface area (TPSA) is 18.5 Å². The third-order valence-electron chi connectivity index (χ3n) is 4.51. The van der Waals surface area contributed by atoms with Crippen molar-refractivity contribution in [3.8, 4) is 0 Å². The summed E-state index contributed by atoms with van der Waals surface area (Å²) in [6.07, 6.45) is 2.71. The number of nitrogens with one attached hydrogen (secondary N) is 1. The number of likely N-dealkylation sites (N-methyl/N-ethyl adjacent to an activating group) is 2. The van der Waals surface area contributed by atoms with E-state index in [9.17, 15) is 0 Å². The van der Waals surface area contributed by atoms with Gasteiger partial charge in [-0.1, -0.05) is 13.8 Å². The Morgan fingerprint density at radius 3 is 2.71 bits per heavy atom. The van der Waals surface area contributed by atoms with Crippen LogP contribution in [0, 0.1) is 11.8 Å². The Kier molecular flexibility index (Phi) is 4.45. The molecule has 3 atom stereocenters. The molecule has 2 rings (SSSR count). The molecule has 17 heavy (non-hydrogen) atoms. The average molecular weight is 239 g/mol. The van der Waals surface area contributed by atoms with Crippen molar-refractivity contribution < 1.29 is 0 Å². The van der Waals surface area contributed by atoms with Gasteiger partial charge in [-0.25, -0.2) is 0 Å². The maximum atomic E-state index is 3.76. The number of fused-ring (bicyclic) bond motifs is 1. The number of likely N-dealkylation sites (tertiary alicyclic amines) is 1. The van der Waals surface area contributed by atoms with Crippen molar-refractivity contribution in [3.63, 3.8) is 0 Å². The van der Waals surface area contributed by atoms with E-state index in [1.807, 2.05) is 0 Å². The molecule has 1 unspecified atom stereocenters. The van der Waals surface area contributed by atoms with Crippen LogP contribution in [0.2, 0.25) is 0 Å². The molecule has 0 aromatic rings. The maximum Gasteiger partial charge on any atom is 0.0239 e. The fraction of sp³-hybridized carbons (Fsp3) is 1.00. The van der Waals surface area contributed by atoms with Crippen LogP contribution in [0.15, 0.2) is 0 Å². The normalized spacial score (nSPS) is 36.9. The van der Waals surface area contributed by atoms with Gasteiger partial charge in [-0.05, 0) is 45.3 Å². The van der Waals surface area contributed by atoms with E-state index < -0.39 is 0 Å². The minimum atomic E-state index is 0.711. The standard InChI is InChI=1S/C14H29N3/c1-11(2)9-14-12-5-7-16(3)10-13(12)15-6-8-17(14)4/h11-15H,5-10H2,1-4H3/t12-,13?,14+/m1/s1. The first kappa shape index (κ1) is 13.3. The SMILES string of the molecule is CC(C)C[C@H]1[C@@H]2CCN(C)CC2NCCN1C. The summed E-state index contributed by atoms with van der Waals surface area (Å²) in [5, 5.41) is 3.76. The summed E-state index contributed by atoms with van der Waals surface area (Å²) in [5.74, 6) is 1.65. The van der Waals surface area contributed by atoms with E-state index >= 15 is 0 Å². The first-order valence-corrected chi connectivity index (χ1v) is 7.20. The number of piperidine rings is 1. The largest absolute Gasteiger partial charge is 0.311 e. The lowest BCUT2D eigenvalue weighted by molar-refractivity contribution is 0.0959. The Balaban J connectivity index is 2.09. The molecule has 0 aromatic heterocycles. The van der Waals surface area contributed by atoms with Gasteiger partial charge in [0, 0.05) is 31.7 Å². The molecule has 2 aliphatic heterocycles. The van der Waals surface area contributed by atoms with Gasteiger partial charge in [0.05, 0.1) is 0 Å². The van der Waals surface area contributed by atoms with Crippen molar-refractivity contribution in [3.05, 3.63) is 0 Å². The van der Waals surface area contributed by atoms with Gasteiger partial charge < -0.3 is 15.1 Å². The Hall–Kier alpha value is -0.120. The molecule has 0 bridgehead atoms. The molecule has 1 N–H and O–H groups in total. The van der Waals surface area contributed by atoms with E-state index in [2.05, 4.69) is 43.1 Å². The molecule has 0 amide bonds. The molecule has 3 heteroatoms. The zero-order valence-electron chi connectivity index (χ0n) is 11.9. The van der Waals surface area contributed by atoms with Crippen LogP contribution in [0.1, 0.15) is 26.7 Å². The van der Waals surface area contributed by atoms with E-state index in [0.29, 0.717) is 6.04 Å². The molecular weight excluding hydrogens is 210 g/mol. The van der Waals surface area contributed by atoms with Crippen molar-refractivity contribution in [1.29, 1.82) is 0 Å². The van der Waals surface area contributed by atoms with Gasteiger partial charge >= 0.3 is 0 Å². The van der Waals surface area contributed by atoms with Crippen molar-refractivity contribution in [2.45, 2.75) is 38.8 Å².